The van der Waals surface area contributed by atoms with Crippen LogP contribution in [-0.2, 0) is 34.5 Å². The van der Waals surface area contributed by atoms with Crippen molar-refractivity contribution in [3.05, 3.63) is 101 Å². The van der Waals surface area contributed by atoms with Crippen molar-refractivity contribution >= 4 is 83.1 Å². The third-order valence-corrected chi connectivity index (χ3v) is 11.7. The molecule has 42 heavy (non-hydrogen) atoms. The molecule has 0 aliphatic rings. The molecule has 0 bridgehead atoms. The maximum absolute atomic E-state index is 10.0. The fraction of sp³-hybridized carbons (Fsp3) is 0.200. The summed E-state index contributed by atoms with van der Waals surface area (Å²) < 4.78 is 0.849. The maximum atomic E-state index is 10.0. The second kappa shape index (κ2) is 15.3. The smallest absolute Gasteiger partial charge is 0.133 e. The molecule has 0 aliphatic carbocycles. The lowest BCUT2D eigenvalue weighted by atomic mass is 10.1. The van der Waals surface area contributed by atoms with Gasteiger partial charge in [-0.1, -0.05) is 18.2 Å². The summed E-state index contributed by atoms with van der Waals surface area (Å²) in [4.78, 5) is 0. The van der Waals surface area contributed by atoms with E-state index in [0.717, 1.165) is 50.6 Å². The Bertz CT molecular complexity index is 1320. The van der Waals surface area contributed by atoms with Crippen LogP contribution in [0.25, 0.3) is 0 Å². The van der Waals surface area contributed by atoms with Crippen LogP contribution >= 0.6 is 83.1 Å². The monoisotopic (exact) mass is 816 g/mol. The van der Waals surface area contributed by atoms with Crippen LogP contribution in [-0.4, -0.2) is 30.6 Å². The predicted octanol–water partition coefficient (Wildman–Crippen LogP) is 9.51. The molecule has 4 aromatic carbocycles. The molecule has 0 amide bonds. The van der Waals surface area contributed by atoms with Gasteiger partial charge < -0.3 is 30.6 Å². The summed E-state index contributed by atoms with van der Waals surface area (Å²) in [6.07, 6.45) is 0. The van der Waals surface area contributed by atoms with E-state index in [2.05, 4.69) is 66.0 Å². The second-order valence-electron chi connectivity index (χ2n) is 9.48. The molecule has 0 heterocycles. The van der Waals surface area contributed by atoms with Gasteiger partial charge in [-0.05, 0) is 118 Å². The largest absolute Gasteiger partial charge is 0.507 e. The first kappa shape index (κ1) is 33.1. The van der Waals surface area contributed by atoms with Crippen molar-refractivity contribution in [3.63, 3.8) is 0 Å². The van der Waals surface area contributed by atoms with Gasteiger partial charge in [-0.2, -0.15) is 35.3 Å². The Hall–Kier alpha value is -1.83. The van der Waals surface area contributed by atoms with Gasteiger partial charge in [0.1, 0.15) is 47.9 Å². The van der Waals surface area contributed by atoms with Crippen molar-refractivity contribution in [2.24, 2.45) is 0 Å². The van der Waals surface area contributed by atoms with E-state index in [1.165, 1.54) is 0 Å². The molecule has 12 heteroatoms. The molecule has 0 unspecified atom stereocenters. The Balaban J connectivity index is 1.44. The zero-order valence-electron chi connectivity index (χ0n) is 22.0. The van der Waals surface area contributed by atoms with Crippen LogP contribution in [0.15, 0.2) is 68.0 Å². The van der Waals surface area contributed by atoms with Gasteiger partial charge in [-0.3, -0.25) is 0 Å². The normalized spacial score (nSPS) is 11.2. The van der Waals surface area contributed by atoms with Gasteiger partial charge in [0.05, 0.1) is 0 Å². The number of thioether (sulfide) groups is 3. The molecule has 0 fully saturated rings. The van der Waals surface area contributed by atoms with Crippen LogP contribution in [0.1, 0.15) is 33.4 Å². The molecule has 0 spiro atoms. The minimum Gasteiger partial charge on any atom is -0.507 e. The molecule has 6 N–H and O–H groups in total. The predicted molar refractivity (Wildman–Crippen MR) is 184 cm³/mol. The molecule has 0 saturated carbocycles. The Kier molecular flexibility index (Phi) is 12.0. The van der Waals surface area contributed by atoms with E-state index < -0.39 is 0 Å². The number of halogens is 3. The zero-order chi connectivity index (χ0) is 30.4. The van der Waals surface area contributed by atoms with Crippen LogP contribution in [0.4, 0.5) is 0 Å². The summed E-state index contributed by atoms with van der Waals surface area (Å²) in [6.45, 7) is 0. The Morgan fingerprint density at radius 2 is 0.500 bits per heavy atom. The summed E-state index contributed by atoms with van der Waals surface area (Å²) in [6, 6.07) is 16.4. The van der Waals surface area contributed by atoms with Gasteiger partial charge in [0, 0.05) is 34.5 Å². The highest BCUT2D eigenvalue weighted by Crippen LogP contribution is 2.38. The first-order valence-electron chi connectivity index (χ1n) is 12.5. The molecule has 0 aliphatic heterocycles. The Labute approximate surface area is 282 Å². The quantitative estimate of drug-likeness (QED) is 0.0831. The fourth-order valence-electron chi connectivity index (χ4n) is 4.15. The van der Waals surface area contributed by atoms with Crippen LogP contribution in [0.3, 0.4) is 0 Å². The lowest BCUT2D eigenvalue weighted by Crippen LogP contribution is -1.93. The Morgan fingerprint density at radius 3 is 0.690 bits per heavy atom. The van der Waals surface area contributed by atoms with Gasteiger partial charge in [0.25, 0.3) is 0 Å². The molecular formula is C30H27Br3O6S3. The van der Waals surface area contributed by atoms with Gasteiger partial charge in [-0.15, -0.1) is 0 Å². The molecular weight excluding hydrogens is 792 g/mol. The lowest BCUT2D eigenvalue weighted by molar-refractivity contribution is 0.442. The molecule has 0 aromatic heterocycles. The number of phenolic OH excluding ortho intramolecular Hbond substituents is 6. The summed E-state index contributed by atoms with van der Waals surface area (Å²) in [5, 5.41) is 60.0. The minimum atomic E-state index is 0.00348. The Morgan fingerprint density at radius 1 is 0.333 bits per heavy atom. The van der Waals surface area contributed by atoms with Crippen LogP contribution < -0.4 is 0 Å². The molecule has 222 valence electrons. The maximum Gasteiger partial charge on any atom is 0.133 e. The highest BCUT2D eigenvalue weighted by Gasteiger charge is 2.11. The summed E-state index contributed by atoms with van der Waals surface area (Å²) in [5.74, 6) is 4.07. The third kappa shape index (κ3) is 9.09. The summed E-state index contributed by atoms with van der Waals surface area (Å²) >= 11 is 14.5. The molecule has 6 nitrogen and oxygen atoms in total. The fourth-order valence-corrected chi connectivity index (χ4v) is 7.56. The summed E-state index contributed by atoms with van der Waals surface area (Å²) in [7, 11) is 0. The van der Waals surface area contributed by atoms with Crippen molar-refractivity contribution in [2.45, 2.75) is 34.5 Å². The standard InChI is InChI=1S/C30H27Br3O6S3/c31-28-22(34)4-19(5-23(28)35)13-40-10-16-1-17(11-41-14-20-6-24(36)29(32)25(37)7-20)3-18(2-16)12-42-15-21-8-26(38)30(33)27(39)9-21/h1-9,34-39H,10-15H2. The van der Waals surface area contributed by atoms with Gasteiger partial charge in [0.15, 0.2) is 0 Å². The molecule has 0 radical (unpaired) electrons. The first-order valence-corrected chi connectivity index (χ1v) is 18.3. The van der Waals surface area contributed by atoms with E-state index in [1.807, 2.05) is 0 Å². The van der Waals surface area contributed by atoms with Gasteiger partial charge in [-0.25, -0.2) is 0 Å². The van der Waals surface area contributed by atoms with Crippen LogP contribution in [0.2, 0.25) is 0 Å². The average molecular weight is 819 g/mol. The number of hydrogen-bond donors (Lipinski definition) is 6. The molecule has 4 rings (SSSR count). The van der Waals surface area contributed by atoms with Gasteiger partial charge in [0.2, 0.25) is 0 Å². The topological polar surface area (TPSA) is 121 Å². The SMILES string of the molecule is Oc1cc(CSCc2cc(CSCc3cc(O)c(Br)c(O)c3)cc(CSCc3cc(O)c(Br)c(O)c3)c2)cc(O)c1Br. The van der Waals surface area contributed by atoms with Gasteiger partial charge >= 0.3 is 0 Å². The third-order valence-electron chi connectivity index (χ3n) is 6.01. The van der Waals surface area contributed by atoms with E-state index in [-0.39, 0.29) is 47.9 Å². The number of rotatable bonds is 12. The number of hydrogen-bond acceptors (Lipinski definition) is 9. The van der Waals surface area contributed by atoms with E-state index in [1.54, 1.807) is 71.7 Å². The van der Waals surface area contributed by atoms with E-state index >= 15 is 0 Å². The van der Waals surface area contributed by atoms with Crippen molar-refractivity contribution in [3.8, 4) is 34.5 Å². The molecule has 4 aromatic rings. The highest BCUT2D eigenvalue weighted by molar-refractivity contribution is 9.11. The van der Waals surface area contributed by atoms with Crippen LogP contribution in [0, 0.1) is 0 Å². The van der Waals surface area contributed by atoms with Crippen LogP contribution in [0.5, 0.6) is 34.5 Å². The van der Waals surface area contributed by atoms with E-state index in [9.17, 15) is 30.6 Å². The number of benzene rings is 4. The van der Waals surface area contributed by atoms with Crippen molar-refractivity contribution in [2.75, 3.05) is 0 Å². The van der Waals surface area contributed by atoms with Crippen molar-refractivity contribution in [1.82, 2.24) is 0 Å². The van der Waals surface area contributed by atoms with Crippen molar-refractivity contribution < 1.29 is 30.6 Å². The second-order valence-corrected chi connectivity index (χ2v) is 14.8. The number of phenols is 6. The highest BCUT2D eigenvalue weighted by atomic mass is 79.9. The van der Waals surface area contributed by atoms with Crippen molar-refractivity contribution in [1.29, 1.82) is 0 Å². The lowest BCUT2D eigenvalue weighted by Gasteiger charge is -2.12. The zero-order valence-corrected chi connectivity index (χ0v) is 29.2. The van der Waals surface area contributed by atoms with E-state index in [0.29, 0.717) is 17.3 Å². The van der Waals surface area contributed by atoms with E-state index in [4.69, 9.17) is 0 Å². The summed E-state index contributed by atoms with van der Waals surface area (Å²) in [5.41, 5.74) is 5.92. The molecule has 0 atom stereocenters. The first-order chi connectivity index (χ1) is 20.0. The average Bonchev–Trinajstić information content (AvgIpc) is 2.93. The number of aromatic hydroxyl groups is 6. The molecule has 0 saturated heterocycles. The minimum absolute atomic E-state index is 0.00348.